The Balaban J connectivity index is 1.90. The summed E-state index contributed by atoms with van der Waals surface area (Å²) in [7, 11) is 0. The Morgan fingerprint density at radius 1 is 1.12 bits per heavy atom. The molecule has 0 fully saturated rings. The zero-order valence-electron chi connectivity index (χ0n) is 14.6. The smallest absolute Gasteiger partial charge is 0.258 e. The minimum atomic E-state index is -0.178. The number of nitrogens with one attached hydrogen (secondary N) is 1. The topological polar surface area (TPSA) is 38.3 Å². The van der Waals surface area contributed by atoms with Crippen LogP contribution in [-0.2, 0) is 10.2 Å². The molecular weight excluding hydrogens is 322 g/mol. The summed E-state index contributed by atoms with van der Waals surface area (Å²) in [5.74, 6) is 0.332. The van der Waals surface area contributed by atoms with Crippen molar-refractivity contribution < 1.29 is 9.53 Å². The van der Waals surface area contributed by atoms with Crippen LogP contribution in [0.2, 0.25) is 5.02 Å². The van der Waals surface area contributed by atoms with Crippen LogP contribution in [0.5, 0.6) is 5.75 Å². The lowest BCUT2D eigenvalue weighted by Gasteiger charge is -2.20. The van der Waals surface area contributed by atoms with Crippen LogP contribution in [0, 0.1) is 0 Å². The van der Waals surface area contributed by atoms with Gasteiger partial charge in [-0.3, -0.25) is 4.79 Å². The molecule has 0 aliphatic heterocycles. The molecule has 0 saturated heterocycles. The van der Waals surface area contributed by atoms with Gasteiger partial charge >= 0.3 is 0 Å². The zero-order chi connectivity index (χ0) is 17.7. The highest BCUT2D eigenvalue weighted by atomic mass is 35.5. The van der Waals surface area contributed by atoms with Crippen molar-refractivity contribution in [2.45, 2.75) is 39.2 Å². The number of amides is 1. The van der Waals surface area contributed by atoms with Crippen molar-refractivity contribution in [2.24, 2.45) is 0 Å². The molecule has 0 aliphatic carbocycles. The van der Waals surface area contributed by atoms with E-state index in [9.17, 15) is 4.79 Å². The Bertz CT molecular complexity index is 690. The Morgan fingerprint density at radius 3 is 2.33 bits per heavy atom. The van der Waals surface area contributed by atoms with Gasteiger partial charge in [-0.15, -0.1) is 0 Å². The number of hydrogen-bond donors (Lipinski definition) is 1. The molecule has 0 radical (unpaired) electrons. The van der Waals surface area contributed by atoms with E-state index in [1.165, 1.54) is 5.56 Å². The lowest BCUT2D eigenvalue weighted by Crippen LogP contribution is -2.31. The molecule has 2 aromatic carbocycles. The second-order valence-electron chi connectivity index (χ2n) is 6.88. The lowest BCUT2D eigenvalue weighted by molar-refractivity contribution is -0.123. The summed E-state index contributed by atoms with van der Waals surface area (Å²) < 4.78 is 5.46. The standard InChI is InChI=1S/C20H24ClNO2/c1-14(15-9-11-16(12-10-15)20(2,3)4)22-19(23)13-24-18-8-6-5-7-17(18)21/h5-12,14H,13H2,1-4H3,(H,22,23)/t14-/m0/s1. The minimum Gasteiger partial charge on any atom is -0.482 e. The van der Waals surface area contributed by atoms with Gasteiger partial charge in [-0.1, -0.05) is 68.8 Å². The maximum atomic E-state index is 12.1. The van der Waals surface area contributed by atoms with Gasteiger partial charge in [0.25, 0.3) is 5.91 Å². The molecule has 1 N–H and O–H groups in total. The predicted molar refractivity (Wildman–Crippen MR) is 98.6 cm³/mol. The lowest BCUT2D eigenvalue weighted by atomic mass is 9.86. The highest BCUT2D eigenvalue weighted by molar-refractivity contribution is 6.32. The average Bonchev–Trinajstić information content (AvgIpc) is 2.53. The van der Waals surface area contributed by atoms with Gasteiger partial charge in [0.05, 0.1) is 11.1 Å². The first kappa shape index (κ1) is 18.3. The van der Waals surface area contributed by atoms with Gasteiger partial charge in [0.2, 0.25) is 0 Å². The largest absolute Gasteiger partial charge is 0.482 e. The third kappa shape index (κ3) is 5.00. The van der Waals surface area contributed by atoms with E-state index in [-0.39, 0.29) is 24.0 Å². The first-order valence-corrected chi connectivity index (χ1v) is 8.42. The van der Waals surface area contributed by atoms with Gasteiger partial charge in [-0.05, 0) is 35.6 Å². The van der Waals surface area contributed by atoms with Crippen LogP contribution in [0.1, 0.15) is 44.9 Å². The molecule has 0 unspecified atom stereocenters. The second-order valence-corrected chi connectivity index (χ2v) is 7.29. The maximum Gasteiger partial charge on any atom is 0.258 e. The van der Waals surface area contributed by atoms with Crippen LogP contribution < -0.4 is 10.1 Å². The summed E-state index contributed by atoms with van der Waals surface area (Å²) in [5, 5.41) is 3.43. The normalized spacial score (nSPS) is 12.5. The van der Waals surface area contributed by atoms with E-state index < -0.39 is 0 Å². The fourth-order valence-electron chi connectivity index (χ4n) is 2.34. The molecule has 24 heavy (non-hydrogen) atoms. The first-order valence-electron chi connectivity index (χ1n) is 8.04. The number of carbonyl (C=O) groups excluding carboxylic acids is 1. The van der Waals surface area contributed by atoms with E-state index >= 15 is 0 Å². The van der Waals surface area contributed by atoms with Crippen LogP contribution in [0.4, 0.5) is 0 Å². The Morgan fingerprint density at radius 2 is 1.75 bits per heavy atom. The van der Waals surface area contributed by atoms with Gasteiger partial charge in [0.15, 0.2) is 6.61 Å². The number of rotatable bonds is 5. The molecule has 0 spiro atoms. The number of ether oxygens (including phenoxy) is 1. The van der Waals surface area contributed by atoms with Crippen LogP contribution in [0.25, 0.3) is 0 Å². The van der Waals surface area contributed by atoms with E-state index in [2.05, 4.69) is 50.4 Å². The molecule has 0 bridgehead atoms. The van der Waals surface area contributed by atoms with Crippen molar-refractivity contribution in [3.63, 3.8) is 0 Å². The van der Waals surface area contributed by atoms with Gasteiger partial charge in [-0.2, -0.15) is 0 Å². The summed E-state index contributed by atoms with van der Waals surface area (Å²) in [5.41, 5.74) is 2.45. The third-order valence-corrected chi connectivity index (χ3v) is 4.16. The van der Waals surface area contributed by atoms with E-state index in [0.717, 1.165) is 5.56 Å². The average molecular weight is 346 g/mol. The molecule has 1 atom stereocenters. The number of benzene rings is 2. The molecule has 2 rings (SSSR count). The van der Waals surface area contributed by atoms with Crippen LogP contribution in [0.15, 0.2) is 48.5 Å². The van der Waals surface area contributed by atoms with Crippen LogP contribution in [-0.4, -0.2) is 12.5 Å². The number of para-hydroxylation sites is 1. The Labute approximate surface area is 149 Å². The summed E-state index contributed by atoms with van der Waals surface area (Å²) >= 11 is 6.00. The van der Waals surface area contributed by atoms with Crippen molar-refractivity contribution in [3.8, 4) is 5.75 Å². The number of halogens is 1. The van der Waals surface area contributed by atoms with Crippen LogP contribution in [0.3, 0.4) is 0 Å². The molecule has 0 aliphatic rings. The summed E-state index contributed by atoms with van der Waals surface area (Å²) in [6.45, 7) is 8.44. The van der Waals surface area contributed by atoms with Crippen molar-refractivity contribution in [2.75, 3.05) is 6.61 Å². The Hall–Kier alpha value is -2.00. The third-order valence-electron chi connectivity index (χ3n) is 3.85. The quantitative estimate of drug-likeness (QED) is 0.837. The minimum absolute atomic E-state index is 0.0614. The predicted octanol–water partition coefficient (Wildman–Crippen LogP) is 4.89. The highest BCUT2D eigenvalue weighted by Crippen LogP contribution is 2.24. The van der Waals surface area contributed by atoms with Gasteiger partial charge in [0.1, 0.15) is 5.75 Å². The molecule has 0 saturated carbocycles. The molecule has 2 aromatic rings. The van der Waals surface area contributed by atoms with E-state index in [0.29, 0.717) is 10.8 Å². The monoisotopic (exact) mass is 345 g/mol. The summed E-state index contributed by atoms with van der Waals surface area (Å²) in [6.07, 6.45) is 0. The van der Waals surface area contributed by atoms with Crippen LogP contribution >= 0.6 is 11.6 Å². The SMILES string of the molecule is C[C@H](NC(=O)COc1ccccc1Cl)c1ccc(C(C)(C)C)cc1. The number of carbonyl (C=O) groups is 1. The maximum absolute atomic E-state index is 12.1. The zero-order valence-corrected chi connectivity index (χ0v) is 15.4. The number of hydrogen-bond acceptors (Lipinski definition) is 2. The van der Waals surface area contributed by atoms with Crippen molar-refractivity contribution in [3.05, 3.63) is 64.7 Å². The van der Waals surface area contributed by atoms with Crippen molar-refractivity contribution >= 4 is 17.5 Å². The summed E-state index contributed by atoms with van der Waals surface area (Å²) in [4.78, 5) is 12.1. The fraction of sp³-hybridized carbons (Fsp3) is 0.350. The second kappa shape index (κ2) is 7.71. The first-order chi connectivity index (χ1) is 11.3. The van der Waals surface area contributed by atoms with Crippen molar-refractivity contribution in [1.29, 1.82) is 0 Å². The van der Waals surface area contributed by atoms with E-state index in [1.807, 2.05) is 19.1 Å². The Kier molecular flexibility index (Phi) is 5.89. The molecule has 3 nitrogen and oxygen atoms in total. The fourth-order valence-corrected chi connectivity index (χ4v) is 2.53. The van der Waals surface area contributed by atoms with E-state index in [4.69, 9.17) is 16.3 Å². The summed E-state index contributed by atoms with van der Waals surface area (Å²) in [6, 6.07) is 15.4. The molecule has 128 valence electrons. The molecule has 0 aromatic heterocycles. The van der Waals surface area contributed by atoms with Gasteiger partial charge < -0.3 is 10.1 Å². The molecule has 0 heterocycles. The highest BCUT2D eigenvalue weighted by Gasteiger charge is 2.15. The van der Waals surface area contributed by atoms with E-state index in [1.54, 1.807) is 12.1 Å². The van der Waals surface area contributed by atoms with Gasteiger partial charge in [-0.25, -0.2) is 0 Å². The van der Waals surface area contributed by atoms with Gasteiger partial charge in [0, 0.05) is 0 Å². The molecular formula is C20H24ClNO2. The van der Waals surface area contributed by atoms with Crippen molar-refractivity contribution in [1.82, 2.24) is 5.32 Å². The molecule has 1 amide bonds. The molecule has 4 heteroatoms.